The van der Waals surface area contributed by atoms with Crippen molar-refractivity contribution < 1.29 is 31.1 Å². The lowest BCUT2D eigenvalue weighted by molar-refractivity contribution is -0.143. The summed E-state index contributed by atoms with van der Waals surface area (Å²) in [5.74, 6) is -0.0187. The molecule has 1 aromatic carbocycles. The highest BCUT2D eigenvalue weighted by molar-refractivity contribution is 6.03. The van der Waals surface area contributed by atoms with Crippen molar-refractivity contribution in [3.63, 3.8) is 0 Å². The van der Waals surface area contributed by atoms with Gasteiger partial charge in [-0.15, -0.1) is 0 Å². The minimum Gasteiger partial charge on any atom is -0.354 e. The number of rotatable bonds is 5. The van der Waals surface area contributed by atoms with Crippen molar-refractivity contribution in [1.82, 2.24) is 14.9 Å². The van der Waals surface area contributed by atoms with E-state index >= 15 is 0 Å². The molecular formula is C29H31F6N5O. The van der Waals surface area contributed by atoms with Crippen LogP contribution in [-0.2, 0) is 22.6 Å². The SMILES string of the molecule is Cc1ncccc1-c1cc(N2CCN(C)CC2)ncc1N(C)C(=O)C(C)(C)c1cc(C(F)(F)F)cc(C(F)(F)F)c1. The van der Waals surface area contributed by atoms with Crippen molar-refractivity contribution >= 4 is 17.4 Å². The molecule has 0 bridgehead atoms. The topological polar surface area (TPSA) is 52.6 Å². The van der Waals surface area contributed by atoms with Gasteiger partial charge in [0.05, 0.1) is 28.4 Å². The van der Waals surface area contributed by atoms with Crippen molar-refractivity contribution in [2.75, 3.05) is 50.1 Å². The molecule has 1 fully saturated rings. The van der Waals surface area contributed by atoms with Gasteiger partial charge in [-0.2, -0.15) is 26.3 Å². The first-order chi connectivity index (χ1) is 19.0. The van der Waals surface area contributed by atoms with Crippen molar-refractivity contribution in [3.8, 4) is 11.1 Å². The second-order valence-corrected chi connectivity index (χ2v) is 10.8. The van der Waals surface area contributed by atoms with Crippen molar-refractivity contribution in [2.24, 2.45) is 0 Å². The zero-order valence-electron chi connectivity index (χ0n) is 23.4. The normalized spacial score (nSPS) is 15.2. The van der Waals surface area contributed by atoms with Gasteiger partial charge in [-0.1, -0.05) is 6.07 Å². The first-order valence-electron chi connectivity index (χ1n) is 12.9. The molecule has 0 radical (unpaired) electrons. The van der Waals surface area contributed by atoms with Crippen molar-refractivity contribution in [3.05, 3.63) is 71.2 Å². The van der Waals surface area contributed by atoms with Gasteiger partial charge < -0.3 is 14.7 Å². The Balaban J connectivity index is 1.79. The Morgan fingerprint density at radius 1 is 0.854 bits per heavy atom. The molecule has 6 nitrogen and oxygen atoms in total. The fraction of sp³-hybridized carbons (Fsp3) is 0.414. The molecule has 41 heavy (non-hydrogen) atoms. The molecule has 0 aliphatic carbocycles. The molecule has 0 spiro atoms. The number of piperazine rings is 1. The number of benzene rings is 1. The smallest absolute Gasteiger partial charge is 0.354 e. The van der Waals surface area contributed by atoms with Gasteiger partial charge in [0.2, 0.25) is 5.91 Å². The second-order valence-electron chi connectivity index (χ2n) is 10.8. The van der Waals surface area contributed by atoms with E-state index in [1.807, 2.05) is 26.1 Å². The number of likely N-dealkylation sites (N-methyl/N-ethyl adjacent to an activating group) is 2. The van der Waals surface area contributed by atoms with Crippen molar-refractivity contribution in [2.45, 2.75) is 38.5 Å². The van der Waals surface area contributed by atoms with Crippen LogP contribution in [0.1, 0.15) is 36.2 Å². The molecule has 2 aromatic heterocycles. The lowest BCUT2D eigenvalue weighted by Gasteiger charge is -2.34. The zero-order chi connectivity index (χ0) is 30.3. The third kappa shape index (κ3) is 6.32. The monoisotopic (exact) mass is 579 g/mol. The van der Waals surface area contributed by atoms with Crippen LogP contribution in [0, 0.1) is 6.92 Å². The number of aryl methyl sites for hydroxylation is 1. The van der Waals surface area contributed by atoms with Crippen LogP contribution in [-0.4, -0.2) is 61.0 Å². The van der Waals surface area contributed by atoms with E-state index < -0.39 is 40.4 Å². The number of anilines is 2. The average Bonchev–Trinajstić information content (AvgIpc) is 2.91. The third-order valence-electron chi connectivity index (χ3n) is 7.50. The van der Waals surface area contributed by atoms with Crippen LogP contribution < -0.4 is 9.80 Å². The Kier molecular flexibility index (Phi) is 8.10. The third-order valence-corrected chi connectivity index (χ3v) is 7.50. The Morgan fingerprint density at radius 3 is 1.95 bits per heavy atom. The molecule has 12 heteroatoms. The maximum atomic E-state index is 13.9. The molecule has 1 amide bonds. The molecule has 3 heterocycles. The van der Waals surface area contributed by atoms with E-state index in [1.54, 1.807) is 12.3 Å². The average molecular weight is 580 g/mol. The van der Waals surface area contributed by atoms with E-state index in [4.69, 9.17) is 0 Å². The van der Waals surface area contributed by atoms with Gasteiger partial charge in [-0.25, -0.2) is 4.98 Å². The van der Waals surface area contributed by atoms with Crippen LogP contribution in [0.5, 0.6) is 0 Å². The van der Waals surface area contributed by atoms with Crippen LogP contribution in [0.2, 0.25) is 0 Å². The summed E-state index contributed by atoms with van der Waals surface area (Å²) in [7, 11) is 3.47. The molecule has 0 atom stereocenters. The fourth-order valence-electron chi connectivity index (χ4n) is 4.87. The van der Waals surface area contributed by atoms with Gasteiger partial charge in [-0.05, 0) is 63.7 Å². The highest BCUT2D eigenvalue weighted by Gasteiger charge is 2.41. The Hall–Kier alpha value is -3.67. The minimum atomic E-state index is -5.03. The summed E-state index contributed by atoms with van der Waals surface area (Å²) in [4.78, 5) is 28.4. The number of amides is 1. The van der Waals surface area contributed by atoms with Crippen LogP contribution in [0.3, 0.4) is 0 Å². The number of carbonyl (C=O) groups excluding carboxylic acids is 1. The summed E-state index contributed by atoms with van der Waals surface area (Å²) in [6.07, 6.45) is -6.92. The molecule has 1 aliphatic rings. The molecule has 220 valence electrons. The van der Waals surface area contributed by atoms with E-state index in [1.165, 1.54) is 32.0 Å². The first kappa shape index (κ1) is 30.3. The Morgan fingerprint density at radius 2 is 1.41 bits per heavy atom. The highest BCUT2D eigenvalue weighted by atomic mass is 19.4. The quantitative estimate of drug-likeness (QED) is 0.338. The van der Waals surface area contributed by atoms with E-state index in [2.05, 4.69) is 19.8 Å². The molecule has 1 aliphatic heterocycles. The van der Waals surface area contributed by atoms with Crippen LogP contribution in [0.25, 0.3) is 11.1 Å². The maximum Gasteiger partial charge on any atom is 0.416 e. The molecule has 0 saturated carbocycles. The minimum absolute atomic E-state index is 0.0536. The zero-order valence-corrected chi connectivity index (χ0v) is 23.4. The Labute approximate surface area is 234 Å². The molecule has 1 saturated heterocycles. The summed E-state index contributed by atoms with van der Waals surface area (Å²) in [5.41, 5.74) is -2.75. The van der Waals surface area contributed by atoms with E-state index in [-0.39, 0.29) is 6.07 Å². The lowest BCUT2D eigenvalue weighted by atomic mass is 9.81. The van der Waals surface area contributed by atoms with Gasteiger partial charge in [0.25, 0.3) is 0 Å². The van der Waals surface area contributed by atoms with E-state index in [9.17, 15) is 31.1 Å². The van der Waals surface area contributed by atoms with E-state index in [0.717, 1.165) is 31.7 Å². The molecule has 0 unspecified atom stereocenters. The van der Waals surface area contributed by atoms with Gasteiger partial charge in [0, 0.05) is 56.2 Å². The summed E-state index contributed by atoms with van der Waals surface area (Å²) < 4.78 is 81.3. The van der Waals surface area contributed by atoms with Crippen LogP contribution >= 0.6 is 0 Å². The van der Waals surface area contributed by atoms with Gasteiger partial charge in [-0.3, -0.25) is 9.78 Å². The number of nitrogens with zero attached hydrogens (tertiary/aromatic N) is 5. The fourth-order valence-corrected chi connectivity index (χ4v) is 4.87. The van der Waals surface area contributed by atoms with Crippen LogP contribution in [0.4, 0.5) is 37.8 Å². The summed E-state index contributed by atoms with van der Waals surface area (Å²) in [5, 5.41) is 0. The number of aromatic nitrogens is 2. The van der Waals surface area contributed by atoms with Gasteiger partial charge in [0.15, 0.2) is 0 Å². The maximum absolute atomic E-state index is 13.9. The summed E-state index contributed by atoms with van der Waals surface area (Å²) >= 11 is 0. The number of hydrogen-bond donors (Lipinski definition) is 0. The number of halogens is 6. The number of pyridine rings is 2. The molecule has 0 N–H and O–H groups in total. The van der Waals surface area contributed by atoms with Crippen molar-refractivity contribution in [1.29, 1.82) is 0 Å². The molecule has 3 aromatic rings. The molecular weight excluding hydrogens is 548 g/mol. The van der Waals surface area contributed by atoms with E-state index in [0.29, 0.717) is 34.9 Å². The number of hydrogen-bond acceptors (Lipinski definition) is 5. The number of alkyl halides is 6. The first-order valence-corrected chi connectivity index (χ1v) is 12.9. The predicted octanol–water partition coefficient (Wildman–Crippen LogP) is 6.18. The van der Waals surface area contributed by atoms with Gasteiger partial charge >= 0.3 is 12.4 Å². The lowest BCUT2D eigenvalue weighted by Crippen LogP contribution is -2.45. The highest BCUT2D eigenvalue weighted by Crippen LogP contribution is 2.41. The van der Waals surface area contributed by atoms with Gasteiger partial charge in [0.1, 0.15) is 5.82 Å². The standard InChI is InChI=1S/C29H31F6N5O/c1-18-22(7-6-8-36-18)23-16-25(40-11-9-38(4)10-12-40)37-17-24(23)39(5)26(41)27(2,3)19-13-20(28(30,31)32)15-21(14-19)29(33,34)35/h6-8,13-17H,9-12H2,1-5H3. The second kappa shape index (κ2) is 11.0. The summed E-state index contributed by atoms with van der Waals surface area (Å²) in [6.45, 7) is 7.59. The largest absolute Gasteiger partial charge is 0.416 e. The predicted molar refractivity (Wildman–Crippen MR) is 145 cm³/mol. The Bertz CT molecular complexity index is 1400. The molecule has 4 rings (SSSR count). The number of carbonyl (C=O) groups is 1. The van der Waals surface area contributed by atoms with Crippen LogP contribution in [0.15, 0.2) is 48.8 Å². The summed E-state index contributed by atoms with van der Waals surface area (Å²) in [6, 6.07) is 6.67.